The highest BCUT2D eigenvalue weighted by atomic mass is 19.4. The van der Waals surface area contributed by atoms with Crippen molar-refractivity contribution >= 4 is 17.3 Å². The lowest BCUT2D eigenvalue weighted by molar-refractivity contribution is -0.138. The number of nitriles is 1. The second-order valence-corrected chi connectivity index (χ2v) is 10.1. The number of benzene rings is 2. The zero-order valence-corrected chi connectivity index (χ0v) is 19.8. The number of halogens is 3. The van der Waals surface area contributed by atoms with Gasteiger partial charge in [-0.3, -0.25) is 4.79 Å². The molecule has 3 aliphatic heterocycles. The van der Waals surface area contributed by atoms with Gasteiger partial charge in [-0.25, -0.2) is 0 Å². The molecule has 1 atom stereocenters. The number of anilines is 2. The molecule has 2 saturated heterocycles. The monoisotopic (exact) mass is 482 g/mol. The molecule has 0 radical (unpaired) electrons. The molecule has 5 nitrogen and oxygen atoms in total. The number of carbonyl (C=O) groups is 1. The van der Waals surface area contributed by atoms with Crippen molar-refractivity contribution < 1.29 is 18.0 Å². The number of fused-ring (bicyclic) bond motifs is 1. The Hall–Kier alpha value is -3.05. The van der Waals surface area contributed by atoms with Gasteiger partial charge in [0.25, 0.3) is 5.91 Å². The van der Waals surface area contributed by atoms with Crippen molar-refractivity contribution in [3.63, 3.8) is 0 Å². The highest BCUT2D eigenvalue weighted by molar-refractivity contribution is 6.11. The normalized spacial score (nSPS) is 19.9. The zero-order valence-electron chi connectivity index (χ0n) is 19.8. The Morgan fingerprint density at radius 2 is 1.89 bits per heavy atom. The van der Waals surface area contributed by atoms with Gasteiger partial charge in [-0.2, -0.15) is 18.4 Å². The third-order valence-electron chi connectivity index (χ3n) is 7.79. The molecule has 1 amide bonds. The average molecular weight is 483 g/mol. The van der Waals surface area contributed by atoms with E-state index in [2.05, 4.69) is 11.4 Å². The van der Waals surface area contributed by atoms with Crippen LogP contribution in [0.25, 0.3) is 0 Å². The number of hydrogen-bond donors (Lipinski definition) is 1. The topological polar surface area (TPSA) is 59.4 Å². The summed E-state index contributed by atoms with van der Waals surface area (Å²) in [5.74, 6) is -0.551. The fraction of sp³-hybridized carbons (Fsp3) is 0.481. The van der Waals surface area contributed by atoms with Crippen LogP contribution in [0, 0.1) is 22.7 Å². The molecule has 3 heterocycles. The number of hydrogen-bond acceptors (Lipinski definition) is 4. The second kappa shape index (κ2) is 8.87. The Kier molecular flexibility index (Phi) is 6.00. The van der Waals surface area contributed by atoms with Gasteiger partial charge in [0.15, 0.2) is 0 Å². The number of nitrogens with zero attached hydrogens (tertiary/aromatic N) is 3. The van der Waals surface area contributed by atoms with Crippen LogP contribution in [0.2, 0.25) is 0 Å². The summed E-state index contributed by atoms with van der Waals surface area (Å²) in [6, 6.07) is 12.4. The minimum Gasteiger partial charge on any atom is -0.370 e. The van der Waals surface area contributed by atoms with E-state index in [0.29, 0.717) is 24.2 Å². The summed E-state index contributed by atoms with van der Waals surface area (Å²) in [6.45, 7) is 5.15. The van der Waals surface area contributed by atoms with Gasteiger partial charge in [-0.1, -0.05) is 19.1 Å². The highest BCUT2D eigenvalue weighted by Crippen LogP contribution is 2.45. The van der Waals surface area contributed by atoms with Gasteiger partial charge in [0, 0.05) is 35.4 Å². The van der Waals surface area contributed by atoms with Crippen LogP contribution in [0.15, 0.2) is 36.4 Å². The largest absolute Gasteiger partial charge is 0.416 e. The predicted octanol–water partition coefficient (Wildman–Crippen LogP) is 5.15. The van der Waals surface area contributed by atoms with Crippen LogP contribution in [0.5, 0.6) is 0 Å². The molecule has 184 valence electrons. The lowest BCUT2D eigenvalue weighted by Crippen LogP contribution is -2.60. The van der Waals surface area contributed by atoms with Gasteiger partial charge in [0.2, 0.25) is 0 Å². The molecule has 2 aromatic rings. The van der Waals surface area contributed by atoms with Crippen molar-refractivity contribution in [1.29, 1.82) is 5.26 Å². The Labute approximate surface area is 203 Å². The maximum Gasteiger partial charge on any atom is 0.416 e. The summed E-state index contributed by atoms with van der Waals surface area (Å²) in [5.41, 5.74) is 1.54. The molecular weight excluding hydrogens is 453 g/mol. The van der Waals surface area contributed by atoms with Crippen molar-refractivity contribution in [2.45, 2.75) is 45.3 Å². The lowest BCUT2D eigenvalue weighted by Gasteiger charge is -2.53. The predicted molar refractivity (Wildman–Crippen MR) is 128 cm³/mol. The van der Waals surface area contributed by atoms with E-state index in [-0.39, 0.29) is 29.0 Å². The van der Waals surface area contributed by atoms with E-state index in [1.807, 2.05) is 24.0 Å². The standard InChI is InChI=1S/C27H29F3N4O/c1-2-18(14-31)10-19-4-3-5-20(11-19)34-15-23-22(25(34)35)12-21(13-24(23)27(28,29)30)33-16-26(17-33)6-8-32-9-7-26/h3-5,11-13,18,32H,2,6-10,15-17H2,1H3. The maximum atomic E-state index is 14.1. The van der Waals surface area contributed by atoms with Crippen molar-refractivity contribution in [3.05, 3.63) is 58.7 Å². The summed E-state index contributed by atoms with van der Waals surface area (Å²) < 4.78 is 42.3. The van der Waals surface area contributed by atoms with Crippen LogP contribution in [0.4, 0.5) is 24.5 Å². The number of carbonyl (C=O) groups excluding carboxylic acids is 1. The summed E-state index contributed by atoms with van der Waals surface area (Å²) >= 11 is 0. The molecule has 3 aliphatic rings. The van der Waals surface area contributed by atoms with Gasteiger partial charge >= 0.3 is 6.18 Å². The Morgan fingerprint density at radius 1 is 1.14 bits per heavy atom. The van der Waals surface area contributed by atoms with E-state index in [9.17, 15) is 23.2 Å². The SMILES string of the molecule is CCC(C#N)Cc1cccc(N2Cc3c(cc(N4CC5(CCNCC5)C4)cc3C(F)(F)F)C2=O)c1. The number of amides is 1. The number of alkyl halides is 3. The van der Waals surface area contributed by atoms with Crippen LogP contribution in [-0.2, 0) is 19.1 Å². The van der Waals surface area contributed by atoms with Crippen molar-refractivity contribution in [2.75, 3.05) is 36.0 Å². The first-order valence-electron chi connectivity index (χ1n) is 12.2. The molecule has 35 heavy (non-hydrogen) atoms. The molecule has 1 N–H and O–H groups in total. The molecule has 1 spiro atoms. The van der Waals surface area contributed by atoms with E-state index in [0.717, 1.165) is 44.6 Å². The first-order valence-corrected chi connectivity index (χ1v) is 12.2. The number of nitrogens with one attached hydrogen (secondary N) is 1. The van der Waals surface area contributed by atoms with Crippen molar-refractivity contribution in [1.82, 2.24) is 5.32 Å². The van der Waals surface area contributed by atoms with Gasteiger partial charge in [0.05, 0.1) is 24.1 Å². The third kappa shape index (κ3) is 4.38. The molecular formula is C27H29F3N4O. The first kappa shape index (κ1) is 23.7. The fourth-order valence-corrected chi connectivity index (χ4v) is 5.67. The molecule has 8 heteroatoms. The Bertz CT molecular complexity index is 1170. The van der Waals surface area contributed by atoms with E-state index in [4.69, 9.17) is 0 Å². The lowest BCUT2D eigenvalue weighted by atomic mass is 9.72. The van der Waals surface area contributed by atoms with Crippen molar-refractivity contribution in [3.8, 4) is 6.07 Å². The van der Waals surface area contributed by atoms with E-state index in [1.54, 1.807) is 18.2 Å². The summed E-state index contributed by atoms with van der Waals surface area (Å²) in [7, 11) is 0. The molecule has 0 aliphatic carbocycles. The minimum absolute atomic E-state index is 0.0391. The van der Waals surface area contributed by atoms with Crippen LogP contribution in [-0.4, -0.2) is 32.1 Å². The van der Waals surface area contributed by atoms with Gasteiger partial charge in [-0.15, -0.1) is 0 Å². The van der Waals surface area contributed by atoms with Crippen LogP contribution < -0.4 is 15.1 Å². The zero-order chi connectivity index (χ0) is 24.8. The third-order valence-corrected chi connectivity index (χ3v) is 7.79. The fourth-order valence-electron chi connectivity index (χ4n) is 5.67. The first-order chi connectivity index (χ1) is 16.7. The summed E-state index contributed by atoms with van der Waals surface area (Å²) in [4.78, 5) is 16.8. The van der Waals surface area contributed by atoms with Crippen LogP contribution in [0.1, 0.15) is 53.2 Å². The molecule has 1 unspecified atom stereocenters. The molecule has 2 fully saturated rings. The van der Waals surface area contributed by atoms with Gasteiger partial charge < -0.3 is 15.1 Å². The average Bonchev–Trinajstić information content (AvgIpc) is 3.16. The molecule has 2 aromatic carbocycles. The summed E-state index contributed by atoms with van der Waals surface area (Å²) in [6.07, 6.45) is -1.25. The minimum atomic E-state index is -4.54. The quantitative estimate of drug-likeness (QED) is 0.641. The molecule has 0 aromatic heterocycles. The number of piperidine rings is 1. The van der Waals surface area contributed by atoms with Gasteiger partial charge in [-0.05, 0) is 74.2 Å². The van der Waals surface area contributed by atoms with E-state index >= 15 is 0 Å². The van der Waals surface area contributed by atoms with Crippen LogP contribution in [0.3, 0.4) is 0 Å². The van der Waals surface area contributed by atoms with Crippen molar-refractivity contribution in [2.24, 2.45) is 11.3 Å². The summed E-state index contributed by atoms with van der Waals surface area (Å²) in [5, 5.41) is 12.6. The Balaban J connectivity index is 1.44. The Morgan fingerprint density at radius 3 is 2.54 bits per heavy atom. The highest BCUT2D eigenvalue weighted by Gasteiger charge is 2.46. The van der Waals surface area contributed by atoms with E-state index in [1.165, 1.54) is 11.0 Å². The van der Waals surface area contributed by atoms with E-state index < -0.39 is 17.6 Å². The molecule has 5 rings (SSSR count). The molecule has 0 saturated carbocycles. The second-order valence-electron chi connectivity index (χ2n) is 10.1. The van der Waals surface area contributed by atoms with Crippen LogP contribution >= 0.6 is 0 Å². The molecule has 0 bridgehead atoms. The maximum absolute atomic E-state index is 14.1. The smallest absolute Gasteiger partial charge is 0.370 e. The van der Waals surface area contributed by atoms with Gasteiger partial charge in [0.1, 0.15) is 0 Å². The number of rotatable bonds is 5.